The van der Waals surface area contributed by atoms with Crippen LogP contribution in [0.25, 0.3) is 0 Å². The Morgan fingerprint density at radius 3 is 2.26 bits per heavy atom. The predicted molar refractivity (Wildman–Crippen MR) is 169 cm³/mol. The van der Waals surface area contributed by atoms with Gasteiger partial charge in [0.1, 0.15) is 11.5 Å². The number of nitrogens with one attached hydrogen (secondary N) is 2. The summed E-state index contributed by atoms with van der Waals surface area (Å²) >= 11 is 0. The number of fused-ring (bicyclic) bond motifs is 1. The van der Waals surface area contributed by atoms with Crippen LogP contribution in [0.4, 0.5) is 17.1 Å². The van der Waals surface area contributed by atoms with Crippen LogP contribution in [-0.2, 0) is 27.5 Å². The molecule has 0 saturated heterocycles. The van der Waals surface area contributed by atoms with Gasteiger partial charge in [0.2, 0.25) is 17.7 Å². The minimum absolute atomic E-state index is 0.0149. The number of benzene rings is 3. The second kappa shape index (κ2) is 15.2. The van der Waals surface area contributed by atoms with Crippen LogP contribution in [0, 0.1) is 0 Å². The molecule has 1 aliphatic heterocycles. The fourth-order valence-corrected chi connectivity index (χ4v) is 5.29. The summed E-state index contributed by atoms with van der Waals surface area (Å²) in [5, 5.41) is 5.73. The number of ether oxygens (including phenoxy) is 2. The van der Waals surface area contributed by atoms with Crippen molar-refractivity contribution in [2.45, 2.75) is 33.4 Å². The van der Waals surface area contributed by atoms with Gasteiger partial charge in [-0.15, -0.1) is 0 Å². The number of carbonyl (C=O) groups excluding carboxylic acids is 3. The van der Waals surface area contributed by atoms with Crippen LogP contribution in [0.5, 0.6) is 11.5 Å². The van der Waals surface area contributed by atoms with Gasteiger partial charge in [0, 0.05) is 64.9 Å². The lowest BCUT2D eigenvalue weighted by Crippen LogP contribution is -2.39. The molecule has 228 valence electrons. The molecule has 43 heavy (non-hydrogen) atoms. The fourth-order valence-electron chi connectivity index (χ4n) is 5.29. The number of para-hydroxylation sites is 1. The van der Waals surface area contributed by atoms with Crippen LogP contribution in [0.2, 0.25) is 0 Å². The first-order valence-electron chi connectivity index (χ1n) is 14.4. The molecule has 0 spiro atoms. The molecule has 1 aliphatic rings. The van der Waals surface area contributed by atoms with Gasteiger partial charge < -0.3 is 25.0 Å². The van der Waals surface area contributed by atoms with Crippen molar-refractivity contribution in [3.63, 3.8) is 0 Å². The molecule has 2 N–H and O–H groups in total. The van der Waals surface area contributed by atoms with Gasteiger partial charge in [-0.05, 0) is 47.9 Å². The molecule has 3 aromatic carbocycles. The number of hydrogen-bond donors (Lipinski definition) is 2. The highest BCUT2D eigenvalue weighted by molar-refractivity contribution is 6.00. The Hall–Kier alpha value is -4.41. The van der Waals surface area contributed by atoms with E-state index in [1.807, 2.05) is 47.4 Å². The maximum absolute atomic E-state index is 13.5. The normalized spacial score (nSPS) is 14.7. The van der Waals surface area contributed by atoms with E-state index in [4.69, 9.17) is 9.47 Å². The van der Waals surface area contributed by atoms with Crippen LogP contribution < -0.4 is 25.0 Å². The Morgan fingerprint density at radius 2 is 1.51 bits per heavy atom. The summed E-state index contributed by atoms with van der Waals surface area (Å²) < 4.78 is 10.8. The Kier molecular flexibility index (Phi) is 11.1. The average molecular weight is 588 g/mol. The van der Waals surface area contributed by atoms with E-state index in [1.54, 1.807) is 39.3 Å². The lowest BCUT2D eigenvalue weighted by molar-refractivity contribution is -0.118. The molecule has 10 nitrogen and oxygen atoms in total. The quantitative estimate of drug-likeness (QED) is 0.404. The number of amides is 3. The first-order valence-corrected chi connectivity index (χ1v) is 14.4. The lowest BCUT2D eigenvalue weighted by Gasteiger charge is -2.27. The predicted octanol–water partition coefficient (Wildman–Crippen LogP) is 4.36. The van der Waals surface area contributed by atoms with Gasteiger partial charge in [-0.25, -0.2) is 0 Å². The van der Waals surface area contributed by atoms with Gasteiger partial charge in [0.05, 0.1) is 32.1 Å². The van der Waals surface area contributed by atoms with E-state index in [0.29, 0.717) is 43.3 Å². The summed E-state index contributed by atoms with van der Waals surface area (Å²) in [6.07, 6.45) is 0.806. The van der Waals surface area contributed by atoms with Crippen LogP contribution in [0.15, 0.2) is 66.7 Å². The molecule has 0 atom stereocenters. The minimum atomic E-state index is -0.240. The van der Waals surface area contributed by atoms with Gasteiger partial charge in [-0.2, -0.15) is 0 Å². The monoisotopic (exact) mass is 587 g/mol. The Balaban J connectivity index is 1.59. The number of anilines is 3. The molecule has 1 heterocycles. The molecule has 0 radical (unpaired) electrons. The van der Waals surface area contributed by atoms with Crippen molar-refractivity contribution in [2.24, 2.45) is 0 Å². The van der Waals surface area contributed by atoms with Gasteiger partial charge >= 0.3 is 0 Å². The Morgan fingerprint density at radius 1 is 0.767 bits per heavy atom. The van der Waals surface area contributed by atoms with Crippen molar-refractivity contribution >= 4 is 34.8 Å². The van der Waals surface area contributed by atoms with Crippen molar-refractivity contribution in [3.05, 3.63) is 77.9 Å². The summed E-state index contributed by atoms with van der Waals surface area (Å²) in [5.41, 5.74) is 3.93. The molecular weight excluding hydrogens is 546 g/mol. The topological polar surface area (TPSA) is 103 Å². The molecule has 4 rings (SSSR count). The highest BCUT2D eigenvalue weighted by Gasteiger charge is 2.22. The second-order valence-electron chi connectivity index (χ2n) is 10.6. The maximum Gasteiger partial charge on any atom is 0.238 e. The van der Waals surface area contributed by atoms with Crippen LogP contribution in [0.1, 0.15) is 31.4 Å². The molecule has 0 saturated carbocycles. The van der Waals surface area contributed by atoms with E-state index < -0.39 is 0 Å². The lowest BCUT2D eigenvalue weighted by atomic mass is 10.1. The van der Waals surface area contributed by atoms with Crippen LogP contribution in [0.3, 0.4) is 0 Å². The zero-order chi connectivity index (χ0) is 30.8. The minimum Gasteiger partial charge on any atom is -0.497 e. The molecule has 3 aromatic rings. The maximum atomic E-state index is 13.5. The van der Waals surface area contributed by atoms with Gasteiger partial charge in [0.15, 0.2) is 0 Å². The molecule has 3 amide bonds. The Bertz CT molecular complexity index is 1430. The average Bonchev–Trinajstić information content (AvgIpc) is 3.01. The van der Waals surface area contributed by atoms with Crippen molar-refractivity contribution in [1.29, 1.82) is 0 Å². The van der Waals surface area contributed by atoms with Crippen molar-refractivity contribution in [1.82, 2.24) is 9.80 Å². The SMILES string of the molecule is COc1cccc(CN2CCCN(C(C)=O)c3ccccc3CN(CC(=O)Nc3cc(OC)ccc3NC(C)=O)CC2)c1. The standard InChI is InChI=1S/C33H41N5O5/c1-24(39)34-30-14-13-29(43-4)20-31(30)35-33(41)23-37-18-17-36(21-26-9-7-11-28(19-26)42-3)15-8-16-38(25(2)40)32-12-6-5-10-27(32)22-37/h5-7,9-14,19-20H,8,15-18,21-23H2,1-4H3,(H,34,39)(H,35,41). The van der Waals surface area contributed by atoms with E-state index in [2.05, 4.69) is 26.5 Å². The number of methoxy groups -OCH3 is 2. The van der Waals surface area contributed by atoms with Crippen LogP contribution in [-0.4, -0.2) is 74.5 Å². The largest absolute Gasteiger partial charge is 0.497 e. The summed E-state index contributed by atoms with van der Waals surface area (Å²) in [7, 11) is 3.21. The third-order valence-corrected chi connectivity index (χ3v) is 7.36. The molecule has 0 aromatic heterocycles. The molecule has 0 bridgehead atoms. The Labute approximate surface area is 253 Å². The molecule has 0 fully saturated rings. The van der Waals surface area contributed by atoms with E-state index in [-0.39, 0.29) is 24.3 Å². The fraction of sp³-hybridized carbons (Fsp3) is 0.364. The van der Waals surface area contributed by atoms with Crippen molar-refractivity contribution < 1.29 is 23.9 Å². The second-order valence-corrected chi connectivity index (χ2v) is 10.6. The highest BCUT2D eigenvalue weighted by atomic mass is 16.5. The first kappa shape index (κ1) is 31.5. The third-order valence-electron chi connectivity index (χ3n) is 7.36. The molecule has 0 unspecified atom stereocenters. The van der Waals surface area contributed by atoms with E-state index in [9.17, 15) is 14.4 Å². The van der Waals surface area contributed by atoms with Gasteiger partial charge in [0.25, 0.3) is 0 Å². The molecular formula is C33H41N5O5. The van der Waals surface area contributed by atoms with Crippen LogP contribution >= 0.6 is 0 Å². The highest BCUT2D eigenvalue weighted by Crippen LogP contribution is 2.28. The van der Waals surface area contributed by atoms with Crippen molar-refractivity contribution in [3.8, 4) is 11.5 Å². The summed E-state index contributed by atoms with van der Waals surface area (Å²) in [6, 6.07) is 21.0. The summed E-state index contributed by atoms with van der Waals surface area (Å²) in [4.78, 5) is 44.3. The third kappa shape index (κ3) is 9.04. The summed E-state index contributed by atoms with van der Waals surface area (Å²) in [6.45, 7) is 7.06. The van der Waals surface area contributed by atoms with E-state index in [0.717, 1.165) is 42.1 Å². The van der Waals surface area contributed by atoms with E-state index >= 15 is 0 Å². The first-order chi connectivity index (χ1) is 20.7. The smallest absolute Gasteiger partial charge is 0.238 e. The van der Waals surface area contributed by atoms with Crippen molar-refractivity contribution in [2.75, 3.05) is 62.5 Å². The van der Waals surface area contributed by atoms with Gasteiger partial charge in [-0.3, -0.25) is 24.2 Å². The zero-order valence-corrected chi connectivity index (χ0v) is 25.4. The number of nitrogens with zero attached hydrogens (tertiary/aromatic N) is 3. The van der Waals surface area contributed by atoms with Gasteiger partial charge in [-0.1, -0.05) is 30.3 Å². The zero-order valence-electron chi connectivity index (χ0n) is 25.4. The van der Waals surface area contributed by atoms with E-state index in [1.165, 1.54) is 6.92 Å². The summed E-state index contributed by atoms with van der Waals surface area (Å²) in [5.74, 6) is 0.888. The molecule has 0 aliphatic carbocycles. The molecule has 10 heteroatoms. The number of rotatable bonds is 8. The number of carbonyl (C=O) groups is 3. The number of hydrogen-bond acceptors (Lipinski definition) is 7.